The third-order valence-corrected chi connectivity index (χ3v) is 3.48. The quantitative estimate of drug-likeness (QED) is 0.694. The van der Waals surface area contributed by atoms with Crippen LogP contribution in [0.1, 0.15) is 5.56 Å². The van der Waals surface area contributed by atoms with Crippen molar-refractivity contribution in [3.63, 3.8) is 0 Å². The molecule has 0 amide bonds. The molecular weight excluding hydrogens is 323 g/mol. The minimum absolute atomic E-state index is 0.00454. The molecule has 0 atom stereocenters. The van der Waals surface area contributed by atoms with Gasteiger partial charge in [0, 0.05) is 12.6 Å². The standard InChI is InChI=1S/C12H9Cl3N4O/c1-19-12(20)11(15)10(6-17-19)18-16-5-7-8(13)3-2-4-9(7)14/h2-6,18H,1H3/b16-5-. The predicted octanol–water partition coefficient (Wildman–Crippen LogP) is 3.19. The van der Waals surface area contributed by atoms with Crippen molar-refractivity contribution in [2.45, 2.75) is 0 Å². The maximum absolute atomic E-state index is 11.6. The van der Waals surface area contributed by atoms with Crippen molar-refractivity contribution < 1.29 is 0 Å². The van der Waals surface area contributed by atoms with Crippen molar-refractivity contribution in [2.24, 2.45) is 12.1 Å². The van der Waals surface area contributed by atoms with E-state index in [2.05, 4.69) is 15.6 Å². The van der Waals surface area contributed by atoms with E-state index in [1.165, 1.54) is 19.5 Å². The smallest absolute Gasteiger partial charge is 0.275 e. The maximum Gasteiger partial charge on any atom is 0.287 e. The molecule has 0 radical (unpaired) electrons. The topological polar surface area (TPSA) is 59.3 Å². The lowest BCUT2D eigenvalue weighted by Gasteiger charge is -2.04. The van der Waals surface area contributed by atoms with E-state index in [-0.39, 0.29) is 5.02 Å². The van der Waals surface area contributed by atoms with Crippen LogP contribution in [0.4, 0.5) is 5.69 Å². The highest BCUT2D eigenvalue weighted by molar-refractivity contribution is 6.38. The van der Waals surface area contributed by atoms with E-state index >= 15 is 0 Å². The number of aryl methyl sites for hydroxylation is 1. The van der Waals surface area contributed by atoms with Gasteiger partial charge in [0.2, 0.25) is 0 Å². The number of hydrogen-bond acceptors (Lipinski definition) is 4. The summed E-state index contributed by atoms with van der Waals surface area (Å²) in [6.07, 6.45) is 2.84. The molecule has 1 N–H and O–H groups in total. The Balaban J connectivity index is 2.23. The lowest BCUT2D eigenvalue weighted by molar-refractivity contribution is 0.708. The summed E-state index contributed by atoms with van der Waals surface area (Å²) in [5.41, 5.74) is 3.08. The van der Waals surface area contributed by atoms with Crippen molar-refractivity contribution in [1.29, 1.82) is 0 Å². The monoisotopic (exact) mass is 330 g/mol. The van der Waals surface area contributed by atoms with Crippen molar-refractivity contribution in [2.75, 3.05) is 5.43 Å². The number of hydrogen-bond donors (Lipinski definition) is 1. The molecule has 1 aromatic heterocycles. The van der Waals surface area contributed by atoms with Gasteiger partial charge in [-0.3, -0.25) is 10.2 Å². The van der Waals surface area contributed by atoms with Crippen LogP contribution in [-0.2, 0) is 7.05 Å². The molecule has 0 aliphatic rings. The molecule has 0 aliphatic heterocycles. The largest absolute Gasteiger partial charge is 0.287 e. The van der Waals surface area contributed by atoms with E-state index in [0.717, 1.165) is 4.68 Å². The fourth-order valence-corrected chi connectivity index (χ4v) is 2.10. The van der Waals surface area contributed by atoms with Crippen molar-refractivity contribution in [3.8, 4) is 0 Å². The molecule has 0 bridgehead atoms. The van der Waals surface area contributed by atoms with E-state index in [1.807, 2.05) is 0 Å². The summed E-state index contributed by atoms with van der Waals surface area (Å²) in [7, 11) is 1.50. The van der Waals surface area contributed by atoms with Gasteiger partial charge in [0.05, 0.1) is 22.5 Å². The molecule has 0 unspecified atom stereocenters. The zero-order valence-corrected chi connectivity index (χ0v) is 12.5. The second kappa shape index (κ2) is 6.26. The van der Waals surface area contributed by atoms with E-state index in [9.17, 15) is 4.79 Å². The number of anilines is 1. The minimum Gasteiger partial charge on any atom is -0.275 e. The zero-order chi connectivity index (χ0) is 14.7. The van der Waals surface area contributed by atoms with Crippen LogP contribution in [0.3, 0.4) is 0 Å². The van der Waals surface area contributed by atoms with Gasteiger partial charge in [0.15, 0.2) is 0 Å². The third kappa shape index (κ3) is 3.12. The maximum atomic E-state index is 11.6. The molecule has 0 fully saturated rings. The van der Waals surface area contributed by atoms with Gasteiger partial charge >= 0.3 is 0 Å². The van der Waals surface area contributed by atoms with Gasteiger partial charge in [0.1, 0.15) is 10.7 Å². The fraction of sp³-hybridized carbons (Fsp3) is 0.0833. The average Bonchev–Trinajstić information content (AvgIpc) is 2.42. The number of hydrazone groups is 1. The summed E-state index contributed by atoms with van der Waals surface area (Å²) in [4.78, 5) is 11.6. The lowest BCUT2D eigenvalue weighted by Crippen LogP contribution is -2.20. The summed E-state index contributed by atoms with van der Waals surface area (Å²) in [6.45, 7) is 0. The van der Waals surface area contributed by atoms with Gasteiger partial charge in [-0.25, -0.2) is 4.68 Å². The van der Waals surface area contributed by atoms with Crippen molar-refractivity contribution in [1.82, 2.24) is 9.78 Å². The molecule has 0 aliphatic carbocycles. The highest BCUT2D eigenvalue weighted by Crippen LogP contribution is 2.22. The summed E-state index contributed by atoms with van der Waals surface area (Å²) >= 11 is 17.9. The predicted molar refractivity (Wildman–Crippen MR) is 82.2 cm³/mol. The Kier molecular flexibility index (Phi) is 4.65. The normalized spacial score (nSPS) is 11.0. The Labute approximate surface area is 129 Å². The fourth-order valence-electron chi connectivity index (χ4n) is 1.39. The van der Waals surface area contributed by atoms with Crippen LogP contribution >= 0.6 is 34.8 Å². The van der Waals surface area contributed by atoms with E-state index in [0.29, 0.717) is 21.3 Å². The molecule has 104 valence electrons. The SMILES string of the molecule is Cn1ncc(N/N=C\c2c(Cl)cccc2Cl)c(Cl)c1=O. The minimum atomic E-state index is -0.414. The molecule has 2 aromatic rings. The molecule has 5 nitrogen and oxygen atoms in total. The Morgan fingerprint density at radius 2 is 1.95 bits per heavy atom. The van der Waals surface area contributed by atoms with Gasteiger partial charge in [-0.2, -0.15) is 10.2 Å². The summed E-state index contributed by atoms with van der Waals surface area (Å²) in [5.74, 6) is 0. The third-order valence-electron chi connectivity index (χ3n) is 2.46. The number of halogens is 3. The average molecular weight is 332 g/mol. The van der Waals surface area contributed by atoms with Gasteiger partial charge in [-0.1, -0.05) is 40.9 Å². The second-order valence-corrected chi connectivity index (χ2v) is 5.00. The Morgan fingerprint density at radius 1 is 1.30 bits per heavy atom. The van der Waals surface area contributed by atoms with E-state index < -0.39 is 5.56 Å². The second-order valence-electron chi connectivity index (χ2n) is 3.81. The molecule has 2 rings (SSSR count). The Bertz CT molecular complexity index is 707. The van der Waals surface area contributed by atoms with Crippen LogP contribution in [0.15, 0.2) is 34.3 Å². The van der Waals surface area contributed by atoms with Crippen LogP contribution in [0.5, 0.6) is 0 Å². The van der Waals surface area contributed by atoms with Gasteiger partial charge in [-0.15, -0.1) is 0 Å². The molecular formula is C12H9Cl3N4O. The first-order valence-corrected chi connectivity index (χ1v) is 6.59. The van der Waals surface area contributed by atoms with Crippen LogP contribution < -0.4 is 11.0 Å². The summed E-state index contributed by atoms with van der Waals surface area (Å²) in [5, 5.41) is 8.72. The van der Waals surface area contributed by atoms with Gasteiger partial charge in [0.25, 0.3) is 5.56 Å². The number of nitrogens with one attached hydrogen (secondary N) is 1. The first kappa shape index (κ1) is 14.8. The molecule has 8 heteroatoms. The Hall–Kier alpha value is -1.56. The molecule has 0 spiro atoms. The van der Waals surface area contributed by atoms with Crippen molar-refractivity contribution >= 4 is 46.7 Å². The van der Waals surface area contributed by atoms with Gasteiger partial charge in [-0.05, 0) is 12.1 Å². The molecule has 0 saturated carbocycles. The van der Waals surface area contributed by atoms with E-state index in [1.54, 1.807) is 18.2 Å². The number of benzene rings is 1. The first-order chi connectivity index (χ1) is 9.50. The Morgan fingerprint density at radius 3 is 2.60 bits per heavy atom. The van der Waals surface area contributed by atoms with Crippen LogP contribution in [0.25, 0.3) is 0 Å². The highest BCUT2D eigenvalue weighted by Gasteiger charge is 2.06. The number of aromatic nitrogens is 2. The lowest BCUT2D eigenvalue weighted by atomic mass is 10.2. The number of nitrogens with zero attached hydrogens (tertiary/aromatic N) is 3. The highest BCUT2D eigenvalue weighted by atomic mass is 35.5. The first-order valence-electron chi connectivity index (χ1n) is 5.45. The molecule has 20 heavy (non-hydrogen) atoms. The van der Waals surface area contributed by atoms with E-state index in [4.69, 9.17) is 34.8 Å². The van der Waals surface area contributed by atoms with Crippen LogP contribution in [-0.4, -0.2) is 16.0 Å². The summed E-state index contributed by atoms with van der Waals surface area (Å²) < 4.78 is 1.13. The number of rotatable bonds is 3. The summed E-state index contributed by atoms with van der Waals surface area (Å²) in [6, 6.07) is 5.13. The zero-order valence-electron chi connectivity index (χ0n) is 10.3. The molecule has 1 aromatic carbocycles. The molecule has 0 saturated heterocycles. The van der Waals surface area contributed by atoms with Crippen molar-refractivity contribution in [3.05, 3.63) is 55.4 Å². The van der Waals surface area contributed by atoms with Crippen LogP contribution in [0, 0.1) is 0 Å². The van der Waals surface area contributed by atoms with Gasteiger partial charge < -0.3 is 0 Å². The van der Waals surface area contributed by atoms with Crippen LogP contribution in [0.2, 0.25) is 15.1 Å². The molecule has 1 heterocycles.